The number of imide groups is 1. The molecule has 0 radical (unpaired) electrons. The molecule has 4 amide bonds. The molecule has 8 heteroatoms. The molecule has 2 atom stereocenters. The number of benzene rings is 3. The maximum Gasteiger partial charge on any atom is 0.325 e. The summed E-state index contributed by atoms with van der Waals surface area (Å²) < 4.78 is 26.9. The standard InChI is InChI=1S/C24H21F2N3O3/c1-14(16-8-7-15-5-3-4-6-17(15)11-16)27-21(30)13-29-22(31)24(2,28-23(29)32)18-9-10-19(25)20(26)12-18/h3-12,14H,13H2,1-2H3,(H,27,30)(H,28,32)/t14-,24+/m1/s1. The van der Waals surface area contributed by atoms with Crippen LogP contribution in [0.2, 0.25) is 0 Å². The molecule has 0 bridgehead atoms. The lowest BCUT2D eigenvalue weighted by Gasteiger charge is -2.22. The molecule has 2 N–H and O–H groups in total. The first-order valence-electron chi connectivity index (χ1n) is 10.1. The Kier molecular flexibility index (Phi) is 5.38. The van der Waals surface area contributed by atoms with Crippen molar-refractivity contribution in [2.24, 2.45) is 0 Å². The van der Waals surface area contributed by atoms with Crippen LogP contribution < -0.4 is 10.6 Å². The van der Waals surface area contributed by atoms with Crippen LogP contribution >= 0.6 is 0 Å². The first kappa shape index (κ1) is 21.4. The Morgan fingerprint density at radius 3 is 2.47 bits per heavy atom. The average molecular weight is 437 g/mol. The molecule has 1 aliphatic heterocycles. The van der Waals surface area contributed by atoms with Crippen molar-refractivity contribution in [3.8, 4) is 0 Å². The Morgan fingerprint density at radius 1 is 1.03 bits per heavy atom. The van der Waals surface area contributed by atoms with Gasteiger partial charge in [0.05, 0.1) is 6.04 Å². The number of amides is 4. The fraction of sp³-hybridized carbons (Fsp3) is 0.208. The van der Waals surface area contributed by atoms with E-state index in [1.807, 2.05) is 42.5 Å². The quantitative estimate of drug-likeness (QED) is 0.597. The predicted octanol–water partition coefficient (Wildman–Crippen LogP) is 3.76. The first-order valence-corrected chi connectivity index (χ1v) is 10.1. The highest BCUT2D eigenvalue weighted by Crippen LogP contribution is 2.29. The Labute approximate surface area is 183 Å². The van der Waals surface area contributed by atoms with Crippen LogP contribution in [-0.4, -0.2) is 29.3 Å². The van der Waals surface area contributed by atoms with E-state index in [-0.39, 0.29) is 11.6 Å². The van der Waals surface area contributed by atoms with Gasteiger partial charge < -0.3 is 10.6 Å². The topological polar surface area (TPSA) is 78.5 Å². The summed E-state index contributed by atoms with van der Waals surface area (Å²) in [5.74, 6) is -3.44. The molecular formula is C24H21F2N3O3. The van der Waals surface area contributed by atoms with Crippen LogP contribution in [0.1, 0.15) is 31.0 Å². The van der Waals surface area contributed by atoms with E-state index in [0.29, 0.717) is 0 Å². The maximum absolute atomic E-state index is 13.7. The maximum atomic E-state index is 13.7. The summed E-state index contributed by atoms with van der Waals surface area (Å²) in [4.78, 5) is 38.7. The van der Waals surface area contributed by atoms with Crippen molar-refractivity contribution in [2.45, 2.75) is 25.4 Å². The lowest BCUT2D eigenvalue weighted by Crippen LogP contribution is -2.43. The van der Waals surface area contributed by atoms with Crippen molar-refractivity contribution in [2.75, 3.05) is 6.54 Å². The van der Waals surface area contributed by atoms with Crippen LogP contribution in [0.25, 0.3) is 10.8 Å². The number of halogens is 2. The smallest absolute Gasteiger partial charge is 0.325 e. The van der Waals surface area contributed by atoms with Crippen LogP contribution in [0, 0.1) is 11.6 Å². The Hall–Kier alpha value is -3.81. The monoisotopic (exact) mass is 437 g/mol. The Morgan fingerprint density at radius 2 is 1.75 bits per heavy atom. The number of urea groups is 1. The van der Waals surface area contributed by atoms with Crippen LogP contribution in [0.5, 0.6) is 0 Å². The number of nitrogens with zero attached hydrogens (tertiary/aromatic N) is 1. The zero-order chi connectivity index (χ0) is 23.0. The molecule has 164 valence electrons. The fourth-order valence-electron chi connectivity index (χ4n) is 3.83. The molecule has 6 nitrogen and oxygen atoms in total. The summed E-state index contributed by atoms with van der Waals surface area (Å²) in [6.07, 6.45) is 0. The summed E-state index contributed by atoms with van der Waals surface area (Å²) in [7, 11) is 0. The second kappa shape index (κ2) is 8.03. The van der Waals surface area contributed by atoms with Crippen LogP contribution in [0.4, 0.5) is 13.6 Å². The summed E-state index contributed by atoms with van der Waals surface area (Å²) in [5.41, 5.74) is -0.640. The highest BCUT2D eigenvalue weighted by Gasteiger charge is 2.49. The highest BCUT2D eigenvalue weighted by atomic mass is 19.2. The van der Waals surface area contributed by atoms with Crippen LogP contribution in [0.15, 0.2) is 60.7 Å². The molecule has 4 rings (SSSR count). The van der Waals surface area contributed by atoms with Gasteiger partial charge in [0.25, 0.3) is 5.91 Å². The van der Waals surface area contributed by atoms with Gasteiger partial charge in [-0.2, -0.15) is 0 Å². The number of carbonyl (C=O) groups excluding carboxylic acids is 3. The molecule has 3 aromatic carbocycles. The summed E-state index contributed by atoms with van der Waals surface area (Å²) >= 11 is 0. The van der Waals surface area contributed by atoms with E-state index in [1.165, 1.54) is 13.0 Å². The van der Waals surface area contributed by atoms with E-state index < -0.39 is 41.6 Å². The molecule has 0 spiro atoms. The van der Waals surface area contributed by atoms with Gasteiger partial charge in [0, 0.05) is 0 Å². The minimum absolute atomic E-state index is 0.0854. The second-order valence-corrected chi connectivity index (χ2v) is 7.97. The summed E-state index contributed by atoms with van der Waals surface area (Å²) in [6.45, 7) is 2.69. The zero-order valence-corrected chi connectivity index (χ0v) is 17.5. The van der Waals surface area contributed by atoms with Crippen molar-refractivity contribution in [1.82, 2.24) is 15.5 Å². The Bertz CT molecular complexity index is 1250. The molecule has 0 aliphatic carbocycles. The molecule has 1 saturated heterocycles. The van der Waals surface area contributed by atoms with Crippen molar-refractivity contribution in [3.63, 3.8) is 0 Å². The number of carbonyl (C=O) groups is 3. The first-order chi connectivity index (χ1) is 15.2. The second-order valence-electron chi connectivity index (χ2n) is 7.97. The van der Waals surface area contributed by atoms with E-state index >= 15 is 0 Å². The molecule has 32 heavy (non-hydrogen) atoms. The zero-order valence-electron chi connectivity index (χ0n) is 17.5. The van der Waals surface area contributed by atoms with Crippen molar-refractivity contribution in [3.05, 3.63) is 83.4 Å². The van der Waals surface area contributed by atoms with Crippen molar-refractivity contribution < 1.29 is 23.2 Å². The lowest BCUT2D eigenvalue weighted by atomic mass is 9.92. The van der Waals surface area contributed by atoms with Crippen LogP contribution in [0.3, 0.4) is 0 Å². The third-order valence-corrected chi connectivity index (χ3v) is 5.72. The SMILES string of the molecule is C[C@@H](NC(=O)CN1C(=O)N[C@@](C)(c2ccc(F)c(F)c2)C1=O)c1ccc2ccccc2c1. The summed E-state index contributed by atoms with van der Waals surface area (Å²) in [6, 6.07) is 15.5. The molecule has 1 fully saturated rings. The van der Waals surface area contributed by atoms with Gasteiger partial charge in [-0.05, 0) is 53.9 Å². The highest BCUT2D eigenvalue weighted by molar-refractivity contribution is 6.09. The van der Waals surface area contributed by atoms with Gasteiger partial charge >= 0.3 is 6.03 Å². The average Bonchev–Trinajstić information content (AvgIpc) is 2.99. The van der Waals surface area contributed by atoms with Gasteiger partial charge in [-0.15, -0.1) is 0 Å². The third kappa shape index (κ3) is 3.79. The minimum atomic E-state index is -1.60. The largest absolute Gasteiger partial charge is 0.348 e. The van der Waals surface area contributed by atoms with Gasteiger partial charge in [0.1, 0.15) is 12.1 Å². The molecule has 0 aromatic heterocycles. The van der Waals surface area contributed by atoms with E-state index in [2.05, 4.69) is 10.6 Å². The van der Waals surface area contributed by atoms with Gasteiger partial charge in [-0.3, -0.25) is 14.5 Å². The predicted molar refractivity (Wildman–Crippen MR) is 114 cm³/mol. The van der Waals surface area contributed by atoms with Gasteiger partial charge in [0.2, 0.25) is 5.91 Å². The van der Waals surface area contributed by atoms with Crippen molar-refractivity contribution >= 4 is 28.6 Å². The minimum Gasteiger partial charge on any atom is -0.348 e. The number of nitrogens with one attached hydrogen (secondary N) is 2. The molecule has 0 unspecified atom stereocenters. The molecule has 1 heterocycles. The number of hydrogen-bond donors (Lipinski definition) is 2. The third-order valence-electron chi connectivity index (χ3n) is 5.72. The van der Waals surface area contributed by atoms with E-state index in [9.17, 15) is 23.2 Å². The van der Waals surface area contributed by atoms with Gasteiger partial charge in [-0.1, -0.05) is 42.5 Å². The summed E-state index contributed by atoms with van der Waals surface area (Å²) in [5, 5.41) is 7.37. The van der Waals surface area contributed by atoms with Gasteiger partial charge in [-0.25, -0.2) is 13.6 Å². The molecule has 0 saturated carbocycles. The Balaban J connectivity index is 1.47. The number of fused-ring (bicyclic) bond motifs is 1. The molecule has 3 aromatic rings. The van der Waals surface area contributed by atoms with E-state index in [0.717, 1.165) is 33.4 Å². The molecular weight excluding hydrogens is 416 g/mol. The van der Waals surface area contributed by atoms with Crippen molar-refractivity contribution in [1.29, 1.82) is 0 Å². The van der Waals surface area contributed by atoms with E-state index in [4.69, 9.17) is 0 Å². The fourth-order valence-corrected chi connectivity index (χ4v) is 3.83. The number of rotatable bonds is 5. The van der Waals surface area contributed by atoms with E-state index in [1.54, 1.807) is 6.92 Å². The molecule has 1 aliphatic rings. The van der Waals surface area contributed by atoms with Gasteiger partial charge in [0.15, 0.2) is 11.6 Å². The number of hydrogen-bond acceptors (Lipinski definition) is 3. The normalized spacial score (nSPS) is 19.2. The lowest BCUT2D eigenvalue weighted by molar-refractivity contribution is -0.135. The van der Waals surface area contributed by atoms with Crippen LogP contribution in [-0.2, 0) is 15.1 Å².